The van der Waals surface area contributed by atoms with Crippen molar-refractivity contribution in [2.24, 2.45) is 4.99 Å². The lowest BCUT2D eigenvalue weighted by Gasteiger charge is -2.27. The highest BCUT2D eigenvalue weighted by molar-refractivity contribution is 8.18. The Morgan fingerprint density at radius 2 is 1.93 bits per heavy atom. The Labute approximate surface area is 184 Å². The Bertz CT molecular complexity index is 1050. The topological polar surface area (TPSA) is 65.9 Å². The van der Waals surface area contributed by atoms with Gasteiger partial charge in [0, 0.05) is 25.4 Å². The van der Waals surface area contributed by atoms with E-state index in [2.05, 4.69) is 14.9 Å². The lowest BCUT2D eigenvalue weighted by atomic mass is 10.1. The highest BCUT2D eigenvalue weighted by atomic mass is 32.2. The summed E-state index contributed by atoms with van der Waals surface area (Å²) >= 11 is 2.80. The number of aryl methyl sites for hydroxylation is 2. The Kier molecular flexibility index (Phi) is 6.06. The molecule has 0 aliphatic carbocycles. The molecule has 8 heteroatoms. The van der Waals surface area contributed by atoms with Gasteiger partial charge >= 0.3 is 0 Å². The number of amides is 2. The van der Waals surface area contributed by atoms with Crippen LogP contribution in [0, 0.1) is 13.8 Å². The first-order valence-corrected chi connectivity index (χ1v) is 11.7. The fourth-order valence-corrected chi connectivity index (χ4v) is 5.28. The van der Waals surface area contributed by atoms with Crippen molar-refractivity contribution >= 4 is 57.0 Å². The first kappa shape index (κ1) is 20.8. The smallest absolute Gasteiger partial charge is 0.286 e. The second kappa shape index (κ2) is 8.73. The fourth-order valence-electron chi connectivity index (χ4n) is 3.49. The number of anilines is 2. The number of likely N-dealkylation sites (tertiary alicyclic amines) is 1. The molecule has 0 atom stereocenters. The minimum absolute atomic E-state index is 0.103. The Morgan fingerprint density at radius 1 is 1.17 bits per heavy atom. The molecule has 0 bridgehead atoms. The minimum Gasteiger partial charge on any atom is -0.351 e. The van der Waals surface area contributed by atoms with Gasteiger partial charge in [-0.3, -0.25) is 14.5 Å². The predicted octanol–water partition coefficient (Wildman–Crippen LogP) is 4.90. The number of thioether (sulfide) groups is 1. The fraction of sp³-hybridized carbons (Fsp3) is 0.364. The average Bonchev–Trinajstić information content (AvgIpc) is 3.32. The van der Waals surface area contributed by atoms with Gasteiger partial charge in [0.25, 0.3) is 5.91 Å². The van der Waals surface area contributed by atoms with Gasteiger partial charge in [0.15, 0.2) is 10.3 Å². The molecule has 0 unspecified atom stereocenters. The molecule has 4 rings (SSSR count). The lowest BCUT2D eigenvalue weighted by Crippen LogP contribution is -2.33. The third-order valence-electron chi connectivity index (χ3n) is 5.28. The van der Waals surface area contributed by atoms with E-state index in [0.717, 1.165) is 42.3 Å². The number of carbonyl (C=O) groups is 2. The molecular formula is C22H24N4O2S2. The summed E-state index contributed by atoms with van der Waals surface area (Å²) in [5, 5.41) is 3.25. The lowest BCUT2D eigenvalue weighted by molar-refractivity contribution is -0.116. The maximum Gasteiger partial charge on any atom is 0.286 e. The van der Waals surface area contributed by atoms with E-state index in [1.165, 1.54) is 42.0 Å². The molecule has 1 aromatic carbocycles. The van der Waals surface area contributed by atoms with Crippen LogP contribution in [0.1, 0.15) is 43.0 Å². The van der Waals surface area contributed by atoms with Crippen LogP contribution in [0.4, 0.5) is 10.8 Å². The van der Waals surface area contributed by atoms with Gasteiger partial charge in [0.05, 0.1) is 16.3 Å². The second-order valence-corrected chi connectivity index (χ2v) is 9.38. The highest BCUT2D eigenvalue weighted by Crippen LogP contribution is 2.34. The summed E-state index contributed by atoms with van der Waals surface area (Å²) < 4.78 is 0. The number of piperidine rings is 1. The molecule has 0 N–H and O–H groups in total. The van der Waals surface area contributed by atoms with Crippen molar-refractivity contribution in [3.05, 3.63) is 45.3 Å². The van der Waals surface area contributed by atoms with Crippen molar-refractivity contribution in [2.75, 3.05) is 18.0 Å². The normalized spacial score (nSPS) is 18.1. The molecule has 0 saturated carbocycles. The van der Waals surface area contributed by atoms with Gasteiger partial charge in [0.1, 0.15) is 0 Å². The molecule has 0 radical (unpaired) electrons. The molecule has 1 aromatic heterocycles. The third-order valence-corrected chi connectivity index (χ3v) is 7.17. The molecule has 2 amide bonds. The van der Waals surface area contributed by atoms with Crippen LogP contribution in [0.15, 0.2) is 33.5 Å². The van der Waals surface area contributed by atoms with Gasteiger partial charge in [-0.05, 0) is 74.2 Å². The largest absolute Gasteiger partial charge is 0.351 e. The summed E-state index contributed by atoms with van der Waals surface area (Å²) in [6.07, 6.45) is 5.29. The number of hydrogen-bond donors (Lipinski definition) is 0. The summed E-state index contributed by atoms with van der Waals surface area (Å²) in [6.45, 7) is 7.51. The van der Waals surface area contributed by atoms with E-state index >= 15 is 0 Å². The maximum atomic E-state index is 12.4. The van der Waals surface area contributed by atoms with Crippen LogP contribution in [0.2, 0.25) is 0 Å². The average molecular weight is 441 g/mol. The van der Waals surface area contributed by atoms with E-state index in [1.807, 2.05) is 37.4 Å². The summed E-state index contributed by atoms with van der Waals surface area (Å²) in [6, 6.07) is 5.92. The van der Waals surface area contributed by atoms with E-state index in [4.69, 9.17) is 0 Å². The number of nitrogens with zero attached hydrogens (tertiary/aromatic N) is 4. The standard InChI is InChI=1S/C22H24N4O2S2/c1-14-7-8-18(11-15(14)2)26(16(3)27)22-23-17(13-29-22)12-19-20(28)24-21(30-19)25-9-5-4-6-10-25/h7-8,11-13H,4-6,9-10H2,1-3H3/b19-12-. The van der Waals surface area contributed by atoms with Crippen LogP contribution >= 0.6 is 23.1 Å². The zero-order valence-corrected chi connectivity index (χ0v) is 19.0. The number of rotatable bonds is 3. The van der Waals surface area contributed by atoms with E-state index < -0.39 is 0 Å². The molecule has 156 valence electrons. The molecule has 2 aromatic rings. The molecule has 3 heterocycles. The van der Waals surface area contributed by atoms with Crippen LogP contribution in [-0.2, 0) is 9.59 Å². The molecule has 0 spiro atoms. The summed E-state index contributed by atoms with van der Waals surface area (Å²) in [4.78, 5) is 38.0. The van der Waals surface area contributed by atoms with Gasteiger partial charge in [-0.25, -0.2) is 4.98 Å². The number of carbonyl (C=O) groups excluding carboxylic acids is 2. The monoisotopic (exact) mass is 440 g/mol. The quantitative estimate of drug-likeness (QED) is 0.635. The van der Waals surface area contributed by atoms with E-state index in [0.29, 0.717) is 15.7 Å². The van der Waals surface area contributed by atoms with Crippen LogP contribution in [-0.4, -0.2) is 40.0 Å². The van der Waals surface area contributed by atoms with E-state index in [9.17, 15) is 9.59 Å². The van der Waals surface area contributed by atoms with Crippen molar-refractivity contribution in [3.63, 3.8) is 0 Å². The van der Waals surface area contributed by atoms with Crippen LogP contribution in [0.5, 0.6) is 0 Å². The number of benzene rings is 1. The third kappa shape index (κ3) is 4.34. The van der Waals surface area contributed by atoms with Crippen molar-refractivity contribution in [2.45, 2.75) is 40.0 Å². The molecule has 1 fully saturated rings. The summed E-state index contributed by atoms with van der Waals surface area (Å²) in [5.74, 6) is -0.318. The molecule has 2 aliphatic rings. The Balaban J connectivity index is 1.55. The van der Waals surface area contributed by atoms with Gasteiger partial charge in [-0.15, -0.1) is 11.3 Å². The number of aromatic nitrogens is 1. The van der Waals surface area contributed by atoms with E-state index in [-0.39, 0.29) is 11.8 Å². The van der Waals surface area contributed by atoms with Crippen LogP contribution in [0.25, 0.3) is 6.08 Å². The zero-order chi connectivity index (χ0) is 21.3. The Morgan fingerprint density at radius 3 is 2.63 bits per heavy atom. The predicted molar refractivity (Wildman–Crippen MR) is 124 cm³/mol. The minimum atomic E-state index is -0.215. The molecule has 1 saturated heterocycles. The van der Waals surface area contributed by atoms with Gasteiger partial charge in [-0.2, -0.15) is 4.99 Å². The molecule has 2 aliphatic heterocycles. The van der Waals surface area contributed by atoms with E-state index in [1.54, 1.807) is 11.0 Å². The number of aliphatic imine (C=N–C) groups is 1. The van der Waals surface area contributed by atoms with Crippen molar-refractivity contribution in [1.29, 1.82) is 0 Å². The number of amidine groups is 1. The maximum absolute atomic E-state index is 12.4. The van der Waals surface area contributed by atoms with Gasteiger partial charge in [0.2, 0.25) is 5.91 Å². The van der Waals surface area contributed by atoms with Gasteiger partial charge < -0.3 is 4.90 Å². The van der Waals surface area contributed by atoms with Crippen LogP contribution in [0.3, 0.4) is 0 Å². The first-order valence-electron chi connectivity index (χ1n) is 10.0. The number of hydrogen-bond acceptors (Lipinski definition) is 6. The SMILES string of the molecule is CC(=O)N(c1ccc(C)c(C)c1)c1nc(/C=C2\SC(N3CCCCC3)=NC2=O)cs1. The zero-order valence-electron chi connectivity index (χ0n) is 17.3. The number of thiazole rings is 1. The van der Waals surface area contributed by atoms with Crippen LogP contribution < -0.4 is 4.90 Å². The Hall–Kier alpha value is -2.45. The van der Waals surface area contributed by atoms with Crippen molar-refractivity contribution in [3.8, 4) is 0 Å². The molecule has 6 nitrogen and oxygen atoms in total. The first-order chi connectivity index (χ1) is 14.4. The van der Waals surface area contributed by atoms with Crippen molar-refractivity contribution in [1.82, 2.24) is 9.88 Å². The highest BCUT2D eigenvalue weighted by Gasteiger charge is 2.27. The molecular weight excluding hydrogens is 416 g/mol. The molecule has 30 heavy (non-hydrogen) atoms. The summed E-state index contributed by atoms with van der Waals surface area (Å²) in [7, 11) is 0. The van der Waals surface area contributed by atoms with Crippen molar-refractivity contribution < 1.29 is 9.59 Å². The second-order valence-electron chi connectivity index (χ2n) is 7.54. The summed E-state index contributed by atoms with van der Waals surface area (Å²) in [5.41, 5.74) is 3.75. The van der Waals surface area contributed by atoms with Gasteiger partial charge in [-0.1, -0.05) is 6.07 Å².